The molecule has 0 aliphatic rings. The maximum atomic E-state index is 12.6. The number of nitrogens with zero attached hydrogens (tertiary/aromatic N) is 5. The molecule has 0 unspecified atom stereocenters. The van der Waals surface area contributed by atoms with Crippen LogP contribution in [0.3, 0.4) is 0 Å². The van der Waals surface area contributed by atoms with Gasteiger partial charge in [0.2, 0.25) is 0 Å². The molecule has 1 aromatic heterocycles. The second-order valence-electron chi connectivity index (χ2n) is 4.72. The summed E-state index contributed by atoms with van der Waals surface area (Å²) in [6.45, 7) is 0. The van der Waals surface area contributed by atoms with Gasteiger partial charge in [-0.3, -0.25) is 4.79 Å². The lowest BCUT2D eigenvalue weighted by Gasteiger charge is -2.09. The SMILES string of the molecule is N#C[C@H](C(=O)c1cccc(Cl)c1)c1nnnn1-c1ccccc1. The molecule has 0 spiro atoms. The van der Waals surface area contributed by atoms with Gasteiger partial charge in [-0.15, -0.1) is 5.10 Å². The zero-order valence-electron chi connectivity index (χ0n) is 11.8. The number of ketones is 1. The molecule has 2 aromatic carbocycles. The van der Waals surface area contributed by atoms with Crippen molar-refractivity contribution in [2.24, 2.45) is 0 Å². The summed E-state index contributed by atoms with van der Waals surface area (Å²) in [7, 11) is 0. The van der Waals surface area contributed by atoms with Gasteiger partial charge >= 0.3 is 0 Å². The van der Waals surface area contributed by atoms with Crippen molar-refractivity contribution >= 4 is 17.4 Å². The van der Waals surface area contributed by atoms with Crippen molar-refractivity contribution in [1.82, 2.24) is 20.2 Å². The Hall–Kier alpha value is -3.04. The van der Waals surface area contributed by atoms with Crippen molar-refractivity contribution in [2.45, 2.75) is 5.92 Å². The Labute approximate surface area is 136 Å². The van der Waals surface area contributed by atoms with Gasteiger partial charge < -0.3 is 0 Å². The lowest BCUT2D eigenvalue weighted by Crippen LogP contribution is -2.16. The normalized spacial score (nSPS) is 11.7. The molecular weight excluding hydrogens is 314 g/mol. The number of hydrogen-bond donors (Lipinski definition) is 0. The molecule has 112 valence electrons. The number of tetrazole rings is 1. The van der Waals surface area contributed by atoms with Gasteiger partial charge in [-0.25, -0.2) is 0 Å². The molecule has 3 rings (SSSR count). The zero-order chi connectivity index (χ0) is 16.2. The molecule has 0 fully saturated rings. The van der Waals surface area contributed by atoms with Gasteiger partial charge in [-0.1, -0.05) is 41.9 Å². The van der Waals surface area contributed by atoms with Crippen LogP contribution in [0.1, 0.15) is 22.1 Å². The van der Waals surface area contributed by atoms with Crippen molar-refractivity contribution in [3.63, 3.8) is 0 Å². The Kier molecular flexibility index (Phi) is 4.13. The average Bonchev–Trinajstić information content (AvgIpc) is 3.05. The molecule has 0 bridgehead atoms. The molecule has 6 nitrogen and oxygen atoms in total. The maximum absolute atomic E-state index is 12.6. The molecule has 0 aliphatic carbocycles. The van der Waals surface area contributed by atoms with E-state index in [1.807, 2.05) is 24.3 Å². The molecule has 0 saturated heterocycles. The minimum Gasteiger partial charge on any atom is -0.292 e. The molecular formula is C16H10ClN5O. The summed E-state index contributed by atoms with van der Waals surface area (Å²) < 4.78 is 1.39. The lowest BCUT2D eigenvalue weighted by atomic mass is 9.98. The smallest absolute Gasteiger partial charge is 0.187 e. The molecule has 23 heavy (non-hydrogen) atoms. The second-order valence-corrected chi connectivity index (χ2v) is 5.16. The fourth-order valence-corrected chi connectivity index (χ4v) is 2.36. The van der Waals surface area contributed by atoms with Crippen molar-refractivity contribution in [3.8, 4) is 11.8 Å². The van der Waals surface area contributed by atoms with E-state index in [1.165, 1.54) is 10.7 Å². The predicted molar refractivity (Wildman–Crippen MR) is 83.3 cm³/mol. The number of halogens is 1. The second kappa shape index (κ2) is 6.38. The van der Waals surface area contributed by atoms with Crippen LogP contribution in [-0.2, 0) is 0 Å². The minimum atomic E-state index is -1.12. The highest BCUT2D eigenvalue weighted by atomic mass is 35.5. The fraction of sp³-hybridized carbons (Fsp3) is 0.0625. The van der Waals surface area contributed by atoms with Crippen LogP contribution in [-0.4, -0.2) is 26.0 Å². The van der Waals surface area contributed by atoms with Gasteiger partial charge in [-0.2, -0.15) is 9.94 Å². The number of benzene rings is 2. The van der Waals surface area contributed by atoms with Crippen molar-refractivity contribution < 1.29 is 4.79 Å². The van der Waals surface area contributed by atoms with Gasteiger partial charge in [0.25, 0.3) is 0 Å². The van der Waals surface area contributed by atoms with Gasteiger partial charge in [0.1, 0.15) is 0 Å². The van der Waals surface area contributed by atoms with E-state index in [0.717, 1.165) is 0 Å². The molecule has 3 aromatic rings. The van der Waals surface area contributed by atoms with Crippen LogP contribution >= 0.6 is 11.6 Å². The molecule has 0 aliphatic heterocycles. The van der Waals surface area contributed by atoms with Crippen LogP contribution in [0.5, 0.6) is 0 Å². The first kappa shape index (κ1) is 14.9. The van der Waals surface area contributed by atoms with Crippen LogP contribution in [0.25, 0.3) is 5.69 Å². The van der Waals surface area contributed by atoms with Gasteiger partial charge in [0.15, 0.2) is 17.5 Å². The number of hydrogen-bond acceptors (Lipinski definition) is 5. The molecule has 0 amide bonds. The summed E-state index contributed by atoms with van der Waals surface area (Å²) in [5.41, 5.74) is 1.01. The molecule has 0 radical (unpaired) electrons. The number of aromatic nitrogens is 4. The Morgan fingerprint density at radius 3 is 2.65 bits per heavy atom. The van der Waals surface area contributed by atoms with Crippen LogP contribution in [0, 0.1) is 11.3 Å². The van der Waals surface area contributed by atoms with Crippen LogP contribution < -0.4 is 0 Å². The number of carbonyl (C=O) groups excluding carboxylic acids is 1. The topological polar surface area (TPSA) is 84.5 Å². The van der Waals surface area contributed by atoms with Crippen LogP contribution in [0.15, 0.2) is 54.6 Å². The largest absolute Gasteiger partial charge is 0.292 e. The average molecular weight is 324 g/mol. The molecule has 0 N–H and O–H groups in total. The first-order valence-electron chi connectivity index (χ1n) is 6.74. The Balaban J connectivity index is 2.02. The highest BCUT2D eigenvalue weighted by Gasteiger charge is 2.28. The highest BCUT2D eigenvalue weighted by Crippen LogP contribution is 2.22. The van der Waals surface area contributed by atoms with E-state index < -0.39 is 11.7 Å². The third-order valence-corrected chi connectivity index (χ3v) is 3.49. The number of rotatable bonds is 4. The van der Waals surface area contributed by atoms with Gasteiger partial charge in [-0.05, 0) is 34.7 Å². The zero-order valence-corrected chi connectivity index (χ0v) is 12.6. The summed E-state index contributed by atoms with van der Waals surface area (Å²) in [4.78, 5) is 12.6. The van der Waals surface area contributed by atoms with E-state index in [9.17, 15) is 10.1 Å². The van der Waals surface area contributed by atoms with E-state index in [2.05, 4.69) is 15.5 Å². The number of para-hydroxylation sites is 1. The van der Waals surface area contributed by atoms with Crippen molar-refractivity contribution in [2.75, 3.05) is 0 Å². The van der Waals surface area contributed by atoms with E-state index in [4.69, 9.17) is 11.6 Å². The van der Waals surface area contributed by atoms with Gasteiger partial charge in [0.05, 0.1) is 11.8 Å². The maximum Gasteiger partial charge on any atom is 0.187 e. The molecule has 1 atom stereocenters. The van der Waals surface area contributed by atoms with Gasteiger partial charge in [0, 0.05) is 10.6 Å². The number of nitriles is 1. The summed E-state index contributed by atoms with van der Waals surface area (Å²) in [5, 5.41) is 21.2. The fourth-order valence-electron chi connectivity index (χ4n) is 2.17. The lowest BCUT2D eigenvalue weighted by molar-refractivity contribution is 0.0975. The van der Waals surface area contributed by atoms with E-state index in [-0.39, 0.29) is 5.82 Å². The summed E-state index contributed by atoms with van der Waals surface area (Å²) in [5.74, 6) is -1.35. The molecule has 0 saturated carbocycles. The Bertz CT molecular complexity index is 885. The van der Waals surface area contributed by atoms with E-state index >= 15 is 0 Å². The van der Waals surface area contributed by atoms with E-state index in [1.54, 1.807) is 30.3 Å². The highest BCUT2D eigenvalue weighted by molar-refractivity contribution is 6.31. The first-order chi connectivity index (χ1) is 11.2. The van der Waals surface area contributed by atoms with Crippen molar-refractivity contribution in [3.05, 3.63) is 71.0 Å². The first-order valence-corrected chi connectivity index (χ1v) is 7.11. The third-order valence-electron chi connectivity index (χ3n) is 3.25. The quantitative estimate of drug-likeness (QED) is 0.689. The summed E-state index contributed by atoms with van der Waals surface area (Å²) in [6, 6.07) is 17.5. The van der Waals surface area contributed by atoms with E-state index in [0.29, 0.717) is 16.3 Å². The van der Waals surface area contributed by atoms with Crippen molar-refractivity contribution in [1.29, 1.82) is 5.26 Å². The predicted octanol–water partition coefficient (Wildman–Crippen LogP) is 2.81. The Morgan fingerprint density at radius 1 is 1.17 bits per heavy atom. The monoisotopic (exact) mass is 323 g/mol. The van der Waals surface area contributed by atoms with Crippen LogP contribution in [0.4, 0.5) is 0 Å². The minimum absolute atomic E-state index is 0.170. The Morgan fingerprint density at radius 2 is 1.96 bits per heavy atom. The summed E-state index contributed by atoms with van der Waals surface area (Å²) >= 11 is 5.91. The van der Waals surface area contributed by atoms with Crippen LogP contribution in [0.2, 0.25) is 5.02 Å². The molecule has 1 heterocycles. The molecule has 7 heteroatoms. The number of Topliss-reactive ketones (excluding diaryl/α,β-unsaturated/α-hetero) is 1. The standard InChI is InChI=1S/C16H10ClN5O/c17-12-6-4-5-11(9-12)15(23)14(10-18)16-19-20-21-22(16)13-7-2-1-3-8-13/h1-9,14H/t14-/m1/s1. The summed E-state index contributed by atoms with van der Waals surface area (Å²) in [6.07, 6.45) is 0. The third kappa shape index (κ3) is 2.96. The number of carbonyl (C=O) groups is 1.